The summed E-state index contributed by atoms with van der Waals surface area (Å²) in [6, 6.07) is 2.13. The third-order valence-electron chi connectivity index (χ3n) is 2.60. The topological polar surface area (TPSA) is 50.3 Å². The van der Waals surface area contributed by atoms with E-state index in [-0.39, 0.29) is 0 Å². The van der Waals surface area contributed by atoms with Gasteiger partial charge in [0.05, 0.1) is 30.6 Å². The summed E-state index contributed by atoms with van der Waals surface area (Å²) in [6.07, 6.45) is 3.39. The molecule has 0 atom stereocenters. The van der Waals surface area contributed by atoms with Crippen LogP contribution < -0.4 is 4.74 Å². The van der Waals surface area contributed by atoms with Crippen LogP contribution in [0.3, 0.4) is 0 Å². The smallest absolute Gasteiger partial charge is 0.142 e. The molecule has 0 saturated carbocycles. The molecule has 4 nitrogen and oxygen atoms in total. The summed E-state index contributed by atoms with van der Waals surface area (Å²) < 4.78 is 6.96. The van der Waals surface area contributed by atoms with Crippen LogP contribution in [0.15, 0.2) is 12.4 Å². The zero-order valence-corrected chi connectivity index (χ0v) is 10.9. The van der Waals surface area contributed by atoms with E-state index in [2.05, 4.69) is 11.2 Å². The summed E-state index contributed by atoms with van der Waals surface area (Å²) >= 11 is 0. The number of nitriles is 1. The number of methoxy groups -OCH3 is 1. The molecule has 17 heavy (non-hydrogen) atoms. The van der Waals surface area contributed by atoms with Crippen molar-refractivity contribution in [3.8, 4) is 11.8 Å². The maximum absolute atomic E-state index is 8.90. The number of aromatic nitrogens is 2. The number of nitrogens with zero attached hydrogens (tertiary/aromatic N) is 3. The molecule has 0 unspecified atom stereocenters. The molecule has 0 aromatic carbocycles. The summed E-state index contributed by atoms with van der Waals surface area (Å²) in [7, 11) is 1.63. The molecule has 0 saturated heterocycles. The summed E-state index contributed by atoms with van der Waals surface area (Å²) in [6.45, 7) is 7.88. The monoisotopic (exact) mass is 231 g/mol. The van der Waals surface area contributed by atoms with E-state index < -0.39 is 0 Å². The van der Waals surface area contributed by atoms with Crippen LogP contribution in [0.2, 0.25) is 0 Å². The normalized spacial score (nSPS) is 9.41. The minimum absolute atomic E-state index is 0.603. The molecular formula is C13H17N3O. The van der Waals surface area contributed by atoms with E-state index in [0.29, 0.717) is 5.56 Å². The summed E-state index contributed by atoms with van der Waals surface area (Å²) in [5.41, 5.74) is 3.50. The predicted molar refractivity (Wildman–Crippen MR) is 67.3 cm³/mol. The highest BCUT2D eigenvalue weighted by Gasteiger charge is 2.12. The molecule has 0 N–H and O–H groups in total. The highest BCUT2D eigenvalue weighted by atomic mass is 16.5. The maximum atomic E-state index is 8.90. The Kier molecular flexibility index (Phi) is 4.11. The highest BCUT2D eigenvalue weighted by molar-refractivity contribution is 5.68. The molecule has 0 aliphatic heterocycles. The fourth-order valence-electron chi connectivity index (χ4n) is 1.77. The van der Waals surface area contributed by atoms with E-state index in [9.17, 15) is 0 Å². The molecule has 0 spiro atoms. The largest absolute Gasteiger partial charge is 0.495 e. The molecule has 0 fully saturated rings. The Hall–Kier alpha value is -2.02. The molecular weight excluding hydrogens is 214 g/mol. The van der Waals surface area contributed by atoms with E-state index in [4.69, 9.17) is 10.00 Å². The molecule has 90 valence electrons. The second kappa shape index (κ2) is 5.35. The van der Waals surface area contributed by atoms with Crippen LogP contribution in [0.5, 0.6) is 5.75 Å². The van der Waals surface area contributed by atoms with Gasteiger partial charge < -0.3 is 4.74 Å². The lowest BCUT2D eigenvalue weighted by molar-refractivity contribution is 0.412. The molecule has 0 aliphatic carbocycles. The van der Waals surface area contributed by atoms with Crippen molar-refractivity contribution in [2.24, 2.45) is 0 Å². The molecule has 2 rings (SSSR count). The van der Waals surface area contributed by atoms with Crippen molar-refractivity contribution in [2.45, 2.75) is 27.7 Å². The molecule has 2 aromatic rings. The van der Waals surface area contributed by atoms with Gasteiger partial charge in [0, 0.05) is 5.56 Å². The Morgan fingerprint density at radius 1 is 1.29 bits per heavy atom. The van der Waals surface area contributed by atoms with Crippen molar-refractivity contribution in [2.75, 3.05) is 7.11 Å². The maximum Gasteiger partial charge on any atom is 0.142 e. The Bertz CT molecular complexity index is 564. The van der Waals surface area contributed by atoms with Gasteiger partial charge in [-0.05, 0) is 19.4 Å². The molecule has 0 bridgehead atoms. The van der Waals surface area contributed by atoms with Crippen molar-refractivity contribution in [3.63, 3.8) is 0 Å². The molecule has 0 radical (unpaired) electrons. The van der Waals surface area contributed by atoms with E-state index in [1.165, 1.54) is 0 Å². The quantitative estimate of drug-likeness (QED) is 0.758. The number of ether oxygens (including phenoxy) is 1. The van der Waals surface area contributed by atoms with E-state index in [1.807, 2.05) is 33.9 Å². The van der Waals surface area contributed by atoms with Crippen molar-refractivity contribution < 1.29 is 4.74 Å². The summed E-state index contributed by atoms with van der Waals surface area (Å²) in [4.78, 5) is 0. The zero-order valence-electron chi connectivity index (χ0n) is 10.9. The predicted octanol–water partition coefficient (Wildman–Crippen LogP) is 2.86. The third kappa shape index (κ3) is 2.09. The Balaban J connectivity index is 0.000000686. The van der Waals surface area contributed by atoms with Crippen LogP contribution in [0.4, 0.5) is 0 Å². The number of aryl methyl sites for hydroxylation is 2. The molecule has 2 heterocycles. The first-order valence-corrected chi connectivity index (χ1v) is 5.60. The minimum atomic E-state index is 0.603. The lowest BCUT2D eigenvalue weighted by Gasteiger charge is -2.01. The van der Waals surface area contributed by atoms with Gasteiger partial charge in [-0.15, -0.1) is 0 Å². The number of rotatable bonds is 1. The lowest BCUT2D eigenvalue weighted by atomic mass is 10.1. The molecule has 2 aromatic heterocycles. The van der Waals surface area contributed by atoms with Gasteiger partial charge in [0.25, 0.3) is 0 Å². The van der Waals surface area contributed by atoms with E-state index in [0.717, 1.165) is 22.4 Å². The van der Waals surface area contributed by atoms with Crippen molar-refractivity contribution in [1.82, 2.24) is 9.61 Å². The van der Waals surface area contributed by atoms with Gasteiger partial charge in [0.15, 0.2) is 0 Å². The first-order chi connectivity index (χ1) is 8.19. The van der Waals surface area contributed by atoms with Crippen molar-refractivity contribution in [1.29, 1.82) is 5.26 Å². The average molecular weight is 231 g/mol. The van der Waals surface area contributed by atoms with Crippen LogP contribution in [0.1, 0.15) is 30.5 Å². The second-order valence-corrected chi connectivity index (χ2v) is 3.41. The van der Waals surface area contributed by atoms with Gasteiger partial charge in [0.2, 0.25) is 0 Å². The Morgan fingerprint density at radius 3 is 2.47 bits per heavy atom. The average Bonchev–Trinajstić information content (AvgIpc) is 2.70. The van der Waals surface area contributed by atoms with E-state index in [1.54, 1.807) is 17.8 Å². The minimum Gasteiger partial charge on any atom is -0.495 e. The fraction of sp³-hybridized carbons (Fsp3) is 0.385. The zero-order chi connectivity index (χ0) is 13.0. The second-order valence-electron chi connectivity index (χ2n) is 3.41. The first kappa shape index (κ1) is 13.0. The molecule has 4 heteroatoms. The van der Waals surface area contributed by atoms with Crippen LogP contribution in [0, 0.1) is 25.2 Å². The SMILES string of the molecule is CC.COc1cn2ncc(C#N)c(C)c2c1C. The summed E-state index contributed by atoms with van der Waals surface area (Å²) in [5, 5.41) is 13.1. The lowest BCUT2D eigenvalue weighted by Crippen LogP contribution is -1.95. The Morgan fingerprint density at radius 2 is 1.94 bits per heavy atom. The van der Waals surface area contributed by atoms with Crippen LogP contribution >= 0.6 is 0 Å². The van der Waals surface area contributed by atoms with Gasteiger partial charge in [0.1, 0.15) is 11.8 Å². The fourth-order valence-corrected chi connectivity index (χ4v) is 1.77. The van der Waals surface area contributed by atoms with E-state index >= 15 is 0 Å². The van der Waals surface area contributed by atoms with Gasteiger partial charge in [-0.1, -0.05) is 13.8 Å². The Labute approximate surface area is 101 Å². The number of hydrogen-bond donors (Lipinski definition) is 0. The van der Waals surface area contributed by atoms with Gasteiger partial charge in [-0.25, -0.2) is 4.52 Å². The van der Waals surface area contributed by atoms with Crippen molar-refractivity contribution in [3.05, 3.63) is 29.1 Å². The number of fused-ring (bicyclic) bond motifs is 1. The highest BCUT2D eigenvalue weighted by Crippen LogP contribution is 2.26. The third-order valence-corrected chi connectivity index (χ3v) is 2.60. The molecule has 0 aliphatic rings. The summed E-state index contributed by atoms with van der Waals surface area (Å²) in [5.74, 6) is 0.792. The van der Waals surface area contributed by atoms with Gasteiger partial charge in [-0.3, -0.25) is 0 Å². The molecule has 0 amide bonds. The van der Waals surface area contributed by atoms with Crippen LogP contribution in [-0.2, 0) is 0 Å². The van der Waals surface area contributed by atoms with Gasteiger partial charge >= 0.3 is 0 Å². The van der Waals surface area contributed by atoms with Crippen molar-refractivity contribution >= 4 is 5.52 Å². The standard InChI is InChI=1S/C11H11N3O.C2H6/c1-7-9(4-12)5-13-14-6-10(15-3)8(2)11(7)14;1-2/h5-6H,1-3H3;1-2H3. The first-order valence-electron chi connectivity index (χ1n) is 5.60. The number of hydrogen-bond acceptors (Lipinski definition) is 3. The van der Waals surface area contributed by atoms with Gasteiger partial charge in [-0.2, -0.15) is 10.4 Å². The van der Waals surface area contributed by atoms with Crippen LogP contribution in [-0.4, -0.2) is 16.7 Å². The van der Waals surface area contributed by atoms with Crippen LogP contribution in [0.25, 0.3) is 5.52 Å².